The van der Waals surface area contributed by atoms with Gasteiger partial charge in [-0.15, -0.1) is 0 Å². The highest BCUT2D eigenvalue weighted by molar-refractivity contribution is 6.51. The van der Waals surface area contributed by atoms with E-state index < -0.39 is 17.7 Å². The fraction of sp³-hybridized carbons (Fsp3) is 0.160. The lowest BCUT2D eigenvalue weighted by Gasteiger charge is -2.24. The molecule has 1 atom stereocenters. The minimum Gasteiger partial charge on any atom is -0.507 e. The van der Waals surface area contributed by atoms with Crippen LogP contribution in [0.2, 0.25) is 5.02 Å². The molecule has 2 heterocycles. The molecule has 1 aliphatic heterocycles. The lowest BCUT2D eigenvalue weighted by atomic mass is 9.95. The number of aromatic nitrogens is 1. The summed E-state index contributed by atoms with van der Waals surface area (Å²) in [6.07, 6.45) is 2.42. The molecular weight excluding hydrogens is 428 g/mol. The molecule has 2 aromatic carbocycles. The van der Waals surface area contributed by atoms with E-state index in [4.69, 9.17) is 16.3 Å². The molecule has 1 N–H and O–H groups in total. The molecule has 32 heavy (non-hydrogen) atoms. The highest BCUT2D eigenvalue weighted by Gasteiger charge is 2.47. The van der Waals surface area contributed by atoms with Crippen LogP contribution < -0.4 is 9.64 Å². The van der Waals surface area contributed by atoms with E-state index in [0.29, 0.717) is 34.3 Å². The fourth-order valence-corrected chi connectivity index (χ4v) is 3.74. The number of nitrogens with zero attached hydrogens (tertiary/aromatic N) is 2. The van der Waals surface area contributed by atoms with Gasteiger partial charge in [0.2, 0.25) is 0 Å². The van der Waals surface area contributed by atoms with Crippen molar-refractivity contribution in [2.45, 2.75) is 19.4 Å². The number of amides is 1. The molecular formula is C25H21ClN2O4. The predicted molar refractivity (Wildman–Crippen MR) is 123 cm³/mol. The Morgan fingerprint density at radius 1 is 1.06 bits per heavy atom. The number of carbonyl (C=O) groups excluding carboxylic acids is 2. The van der Waals surface area contributed by atoms with Crippen LogP contribution in [0.3, 0.4) is 0 Å². The van der Waals surface area contributed by atoms with Crippen LogP contribution in [0.4, 0.5) is 5.82 Å². The summed E-state index contributed by atoms with van der Waals surface area (Å²) in [6, 6.07) is 17.8. The van der Waals surface area contributed by atoms with Gasteiger partial charge >= 0.3 is 5.91 Å². The first-order chi connectivity index (χ1) is 15.5. The molecule has 7 heteroatoms. The number of aliphatic hydroxyl groups excluding tert-OH is 1. The lowest BCUT2D eigenvalue weighted by Crippen LogP contribution is -2.30. The topological polar surface area (TPSA) is 79.7 Å². The average molecular weight is 449 g/mol. The predicted octanol–water partition coefficient (Wildman–Crippen LogP) is 5.15. The van der Waals surface area contributed by atoms with Crippen molar-refractivity contribution in [3.63, 3.8) is 0 Å². The second-order valence-electron chi connectivity index (χ2n) is 7.28. The maximum absolute atomic E-state index is 13.1. The maximum atomic E-state index is 13.1. The summed E-state index contributed by atoms with van der Waals surface area (Å²) in [7, 11) is 0. The van der Waals surface area contributed by atoms with Crippen molar-refractivity contribution in [2.75, 3.05) is 11.5 Å². The molecule has 1 fully saturated rings. The molecule has 0 unspecified atom stereocenters. The zero-order valence-corrected chi connectivity index (χ0v) is 18.1. The molecule has 0 spiro atoms. The minimum atomic E-state index is -0.849. The molecule has 6 nitrogen and oxygen atoms in total. The van der Waals surface area contributed by atoms with Gasteiger partial charge in [-0.2, -0.15) is 0 Å². The van der Waals surface area contributed by atoms with Gasteiger partial charge in [-0.05, 0) is 60.5 Å². The van der Waals surface area contributed by atoms with Crippen molar-refractivity contribution in [3.05, 3.63) is 94.6 Å². The van der Waals surface area contributed by atoms with Crippen LogP contribution in [0.1, 0.15) is 30.5 Å². The Hall–Kier alpha value is -3.64. The van der Waals surface area contributed by atoms with Gasteiger partial charge in [0, 0.05) is 16.8 Å². The number of pyridine rings is 1. The first-order valence-corrected chi connectivity index (χ1v) is 10.6. The van der Waals surface area contributed by atoms with E-state index in [2.05, 4.69) is 4.98 Å². The van der Waals surface area contributed by atoms with Gasteiger partial charge in [-0.3, -0.25) is 14.5 Å². The van der Waals surface area contributed by atoms with E-state index in [1.54, 1.807) is 72.9 Å². The number of benzene rings is 2. The van der Waals surface area contributed by atoms with E-state index in [-0.39, 0.29) is 11.3 Å². The van der Waals surface area contributed by atoms with Gasteiger partial charge in [0.1, 0.15) is 17.3 Å². The Morgan fingerprint density at radius 3 is 2.41 bits per heavy atom. The number of ketones is 1. The van der Waals surface area contributed by atoms with Crippen molar-refractivity contribution >= 4 is 34.9 Å². The quantitative estimate of drug-likeness (QED) is 0.320. The Morgan fingerprint density at radius 2 is 1.78 bits per heavy atom. The average Bonchev–Trinajstić information content (AvgIpc) is 3.09. The van der Waals surface area contributed by atoms with Gasteiger partial charge in [0.25, 0.3) is 5.78 Å². The minimum absolute atomic E-state index is 0.00907. The first kappa shape index (κ1) is 21.6. The first-order valence-electron chi connectivity index (χ1n) is 10.2. The fourth-order valence-electron chi connectivity index (χ4n) is 3.61. The van der Waals surface area contributed by atoms with E-state index in [1.165, 1.54) is 4.90 Å². The van der Waals surface area contributed by atoms with E-state index >= 15 is 0 Å². The Kier molecular flexibility index (Phi) is 6.23. The van der Waals surface area contributed by atoms with Crippen molar-refractivity contribution in [1.29, 1.82) is 0 Å². The summed E-state index contributed by atoms with van der Waals surface area (Å²) in [5.74, 6) is -0.820. The standard InChI is InChI=1S/C25H21ClN2O4/c1-2-15-32-19-12-8-17(9-13-19)23(29)21-22(16-6-10-18(26)11-7-16)28(25(31)24(21)30)20-5-3-4-14-27-20/h3-14,22,29H,2,15H2,1H3/t22-/m1/s1. The van der Waals surface area contributed by atoms with Gasteiger partial charge in [-0.1, -0.05) is 36.7 Å². The van der Waals surface area contributed by atoms with Crippen molar-refractivity contribution in [1.82, 2.24) is 4.98 Å². The van der Waals surface area contributed by atoms with Crippen LogP contribution in [0, 0.1) is 0 Å². The number of hydrogen-bond donors (Lipinski definition) is 1. The number of Topliss-reactive ketones (excluding diaryl/α,β-unsaturated/α-hetero) is 1. The summed E-state index contributed by atoms with van der Waals surface area (Å²) < 4.78 is 5.58. The number of rotatable bonds is 6. The van der Waals surface area contributed by atoms with E-state index in [0.717, 1.165) is 6.42 Å². The van der Waals surface area contributed by atoms with Gasteiger partial charge in [0.15, 0.2) is 0 Å². The number of ether oxygens (including phenoxy) is 1. The van der Waals surface area contributed by atoms with E-state index in [9.17, 15) is 14.7 Å². The SMILES string of the molecule is CCCOc1ccc(C(O)=C2C(=O)C(=O)N(c3ccccn3)[C@@H]2c2ccc(Cl)cc2)cc1. The molecule has 0 aliphatic carbocycles. The Balaban J connectivity index is 1.83. The largest absolute Gasteiger partial charge is 0.507 e. The van der Waals surface area contributed by atoms with Crippen LogP contribution in [0.25, 0.3) is 5.76 Å². The zero-order valence-electron chi connectivity index (χ0n) is 17.4. The van der Waals surface area contributed by atoms with Crippen LogP contribution >= 0.6 is 11.6 Å². The van der Waals surface area contributed by atoms with Crippen molar-refractivity contribution in [3.8, 4) is 5.75 Å². The molecule has 0 bridgehead atoms. The summed E-state index contributed by atoms with van der Waals surface area (Å²) >= 11 is 6.04. The summed E-state index contributed by atoms with van der Waals surface area (Å²) in [5.41, 5.74) is 1.03. The van der Waals surface area contributed by atoms with Crippen LogP contribution in [-0.2, 0) is 9.59 Å². The highest BCUT2D eigenvalue weighted by atomic mass is 35.5. The molecule has 3 aromatic rings. The summed E-state index contributed by atoms with van der Waals surface area (Å²) in [5, 5.41) is 11.6. The Labute approximate surface area is 190 Å². The third-order valence-electron chi connectivity index (χ3n) is 5.13. The van der Waals surface area contributed by atoms with Gasteiger partial charge < -0.3 is 9.84 Å². The molecule has 1 aromatic heterocycles. The zero-order chi connectivity index (χ0) is 22.7. The van der Waals surface area contributed by atoms with Gasteiger partial charge in [0.05, 0.1) is 18.2 Å². The third kappa shape index (κ3) is 4.09. The van der Waals surface area contributed by atoms with E-state index in [1.807, 2.05) is 6.92 Å². The van der Waals surface area contributed by atoms with Crippen molar-refractivity contribution in [2.24, 2.45) is 0 Å². The number of carbonyl (C=O) groups is 2. The van der Waals surface area contributed by atoms with Crippen LogP contribution in [-0.4, -0.2) is 28.4 Å². The summed E-state index contributed by atoms with van der Waals surface area (Å²) in [4.78, 5) is 31.6. The summed E-state index contributed by atoms with van der Waals surface area (Å²) in [6.45, 7) is 2.59. The monoisotopic (exact) mass is 448 g/mol. The number of hydrogen-bond acceptors (Lipinski definition) is 5. The molecule has 0 saturated carbocycles. The van der Waals surface area contributed by atoms with Crippen LogP contribution in [0.5, 0.6) is 5.75 Å². The van der Waals surface area contributed by atoms with Crippen LogP contribution in [0.15, 0.2) is 78.5 Å². The molecule has 162 valence electrons. The highest BCUT2D eigenvalue weighted by Crippen LogP contribution is 2.41. The normalized spacial score (nSPS) is 17.6. The van der Waals surface area contributed by atoms with Crippen molar-refractivity contribution < 1.29 is 19.4 Å². The second-order valence-corrected chi connectivity index (χ2v) is 7.72. The smallest absolute Gasteiger partial charge is 0.301 e. The number of anilines is 1. The third-order valence-corrected chi connectivity index (χ3v) is 5.38. The number of halogens is 1. The number of aliphatic hydroxyl groups is 1. The molecule has 0 radical (unpaired) electrons. The Bertz CT molecular complexity index is 1160. The maximum Gasteiger partial charge on any atom is 0.301 e. The molecule has 1 saturated heterocycles. The molecule has 1 aliphatic rings. The second kappa shape index (κ2) is 9.24. The lowest BCUT2D eigenvalue weighted by molar-refractivity contribution is -0.132. The van der Waals surface area contributed by atoms with Gasteiger partial charge in [-0.25, -0.2) is 4.98 Å². The molecule has 1 amide bonds. The molecule has 4 rings (SSSR count).